The van der Waals surface area contributed by atoms with Crippen molar-refractivity contribution in [1.82, 2.24) is 19.8 Å². The highest BCUT2D eigenvalue weighted by Crippen LogP contribution is 2.14. The van der Waals surface area contributed by atoms with Gasteiger partial charge in [0.2, 0.25) is 10.0 Å². The Labute approximate surface area is 133 Å². The summed E-state index contributed by atoms with van der Waals surface area (Å²) in [6.07, 6.45) is 0. The number of nitrogens with zero attached hydrogens (tertiary/aromatic N) is 2. The quantitative estimate of drug-likeness (QED) is 0.796. The van der Waals surface area contributed by atoms with E-state index < -0.39 is 10.0 Å². The predicted molar refractivity (Wildman–Crippen MR) is 84.6 cm³/mol. The number of sulfonamides is 1. The molecule has 1 saturated heterocycles. The third-order valence-electron chi connectivity index (χ3n) is 3.69. The molecule has 0 spiro atoms. The molecule has 0 radical (unpaired) electrons. The van der Waals surface area contributed by atoms with Crippen molar-refractivity contribution in [3.63, 3.8) is 0 Å². The van der Waals surface area contributed by atoms with Gasteiger partial charge in [-0.05, 0) is 6.07 Å². The molecular formula is C14H18N4O4S. The van der Waals surface area contributed by atoms with Crippen LogP contribution in [0.4, 0.5) is 0 Å². The topological polar surface area (TPSA) is 104 Å². The first kappa shape index (κ1) is 15.9. The van der Waals surface area contributed by atoms with Crippen LogP contribution in [0.1, 0.15) is 10.5 Å². The second-order valence-electron chi connectivity index (χ2n) is 5.20. The van der Waals surface area contributed by atoms with Crippen molar-refractivity contribution in [2.24, 2.45) is 0 Å². The maximum absolute atomic E-state index is 12.2. The van der Waals surface area contributed by atoms with Gasteiger partial charge in [0, 0.05) is 25.0 Å². The fraction of sp³-hybridized carbons (Fsp3) is 0.429. The zero-order valence-electron chi connectivity index (χ0n) is 12.5. The van der Waals surface area contributed by atoms with Crippen LogP contribution in [-0.4, -0.2) is 67.4 Å². The second kappa shape index (κ2) is 6.65. The van der Waals surface area contributed by atoms with Gasteiger partial charge in [-0.3, -0.25) is 9.89 Å². The zero-order chi connectivity index (χ0) is 16.3. The average molecular weight is 338 g/mol. The first-order chi connectivity index (χ1) is 11.1. The molecule has 0 aliphatic carbocycles. The maximum atomic E-state index is 12.2. The van der Waals surface area contributed by atoms with E-state index in [1.54, 1.807) is 6.07 Å². The minimum Gasteiger partial charge on any atom is -0.379 e. The number of benzene rings is 1. The highest BCUT2D eigenvalue weighted by molar-refractivity contribution is 7.89. The van der Waals surface area contributed by atoms with Gasteiger partial charge < -0.3 is 10.1 Å². The van der Waals surface area contributed by atoms with Gasteiger partial charge in [0.15, 0.2) is 5.69 Å². The Morgan fingerprint density at radius 1 is 1.30 bits per heavy atom. The van der Waals surface area contributed by atoms with Crippen LogP contribution in [0.2, 0.25) is 0 Å². The summed E-state index contributed by atoms with van der Waals surface area (Å²) in [4.78, 5) is 12.2. The highest BCUT2D eigenvalue weighted by Gasteiger charge is 2.24. The van der Waals surface area contributed by atoms with Crippen molar-refractivity contribution in [1.29, 1.82) is 0 Å². The molecule has 124 valence electrons. The monoisotopic (exact) mass is 338 g/mol. The smallest absolute Gasteiger partial charge is 0.272 e. The molecule has 0 atom stereocenters. The molecule has 0 unspecified atom stereocenters. The molecule has 0 bridgehead atoms. The molecule has 1 aromatic heterocycles. The number of fused-ring (bicyclic) bond motifs is 1. The third kappa shape index (κ3) is 3.52. The number of H-pyrrole nitrogens is 1. The van der Waals surface area contributed by atoms with E-state index >= 15 is 0 Å². The molecule has 2 heterocycles. The van der Waals surface area contributed by atoms with E-state index in [0.29, 0.717) is 31.7 Å². The van der Waals surface area contributed by atoms with E-state index in [2.05, 4.69) is 15.5 Å². The van der Waals surface area contributed by atoms with E-state index in [1.807, 2.05) is 18.2 Å². The van der Waals surface area contributed by atoms with Gasteiger partial charge in [-0.1, -0.05) is 18.2 Å². The molecular weight excluding hydrogens is 320 g/mol. The number of morpholine rings is 1. The van der Waals surface area contributed by atoms with Crippen LogP contribution < -0.4 is 5.32 Å². The highest BCUT2D eigenvalue weighted by atomic mass is 32.2. The predicted octanol–water partition coefficient (Wildman–Crippen LogP) is -0.0453. The summed E-state index contributed by atoms with van der Waals surface area (Å²) in [5, 5.41) is 10.1. The fourth-order valence-electron chi connectivity index (χ4n) is 2.47. The Kier molecular flexibility index (Phi) is 4.60. The van der Waals surface area contributed by atoms with Crippen LogP contribution in [-0.2, 0) is 14.8 Å². The third-order valence-corrected chi connectivity index (χ3v) is 5.57. The fourth-order valence-corrected chi connectivity index (χ4v) is 3.79. The minimum atomic E-state index is -3.38. The summed E-state index contributed by atoms with van der Waals surface area (Å²) in [7, 11) is -3.38. The molecule has 1 aliphatic heterocycles. The molecule has 1 aliphatic rings. The summed E-state index contributed by atoms with van der Waals surface area (Å²) >= 11 is 0. The Morgan fingerprint density at radius 2 is 2.04 bits per heavy atom. The first-order valence-corrected chi connectivity index (χ1v) is 8.96. The van der Waals surface area contributed by atoms with E-state index in [1.165, 1.54) is 4.31 Å². The number of rotatable bonds is 5. The SMILES string of the molecule is O=C(NCCS(=O)(=O)N1CCOCC1)c1n[nH]c2ccccc12. The number of carbonyl (C=O) groups excluding carboxylic acids is 1. The Hall–Kier alpha value is -1.97. The molecule has 23 heavy (non-hydrogen) atoms. The lowest BCUT2D eigenvalue weighted by Gasteiger charge is -2.25. The van der Waals surface area contributed by atoms with Crippen molar-refractivity contribution in [3.8, 4) is 0 Å². The molecule has 1 fully saturated rings. The standard InChI is InChI=1S/C14H18N4O4S/c19-14(13-11-3-1-2-4-12(11)16-17-13)15-5-10-23(20,21)18-6-8-22-9-7-18/h1-4H,5-10H2,(H,15,19)(H,16,17). The van der Waals surface area contributed by atoms with E-state index in [0.717, 1.165) is 5.52 Å². The van der Waals surface area contributed by atoms with Crippen LogP contribution in [0.25, 0.3) is 10.9 Å². The number of aromatic nitrogens is 2. The van der Waals surface area contributed by atoms with E-state index in [-0.39, 0.29) is 23.9 Å². The van der Waals surface area contributed by atoms with Crippen LogP contribution in [0.15, 0.2) is 24.3 Å². The summed E-state index contributed by atoms with van der Waals surface area (Å²) in [6, 6.07) is 7.27. The van der Waals surface area contributed by atoms with Gasteiger partial charge in [-0.25, -0.2) is 8.42 Å². The van der Waals surface area contributed by atoms with Crippen LogP contribution in [0.3, 0.4) is 0 Å². The second-order valence-corrected chi connectivity index (χ2v) is 7.29. The first-order valence-electron chi connectivity index (χ1n) is 7.35. The molecule has 0 saturated carbocycles. The number of hydrogen-bond donors (Lipinski definition) is 2. The minimum absolute atomic E-state index is 0.0414. The van der Waals surface area contributed by atoms with Crippen molar-refractivity contribution < 1.29 is 17.9 Å². The summed E-state index contributed by atoms with van der Waals surface area (Å²) in [5.74, 6) is -0.527. The summed E-state index contributed by atoms with van der Waals surface area (Å²) < 4.78 is 30.9. The normalized spacial score (nSPS) is 16.5. The van der Waals surface area contributed by atoms with Gasteiger partial charge in [0.1, 0.15) is 0 Å². The number of nitrogens with one attached hydrogen (secondary N) is 2. The number of carbonyl (C=O) groups is 1. The zero-order valence-corrected chi connectivity index (χ0v) is 13.3. The maximum Gasteiger partial charge on any atom is 0.272 e. The molecule has 1 aromatic carbocycles. The Balaban J connectivity index is 1.59. The lowest BCUT2D eigenvalue weighted by atomic mass is 10.2. The Morgan fingerprint density at radius 3 is 2.83 bits per heavy atom. The van der Waals surface area contributed by atoms with Gasteiger partial charge in [-0.15, -0.1) is 0 Å². The lowest BCUT2D eigenvalue weighted by molar-refractivity contribution is 0.0730. The van der Waals surface area contributed by atoms with Crippen molar-refractivity contribution in [3.05, 3.63) is 30.0 Å². The van der Waals surface area contributed by atoms with E-state index in [9.17, 15) is 13.2 Å². The van der Waals surface area contributed by atoms with Gasteiger partial charge in [0.25, 0.3) is 5.91 Å². The van der Waals surface area contributed by atoms with E-state index in [4.69, 9.17) is 4.74 Å². The molecule has 2 aromatic rings. The molecule has 2 N–H and O–H groups in total. The van der Waals surface area contributed by atoms with Gasteiger partial charge in [-0.2, -0.15) is 9.40 Å². The molecule has 8 nitrogen and oxygen atoms in total. The van der Waals surface area contributed by atoms with Crippen LogP contribution in [0, 0.1) is 0 Å². The molecule has 3 rings (SSSR count). The average Bonchev–Trinajstić information content (AvgIpc) is 2.99. The van der Waals surface area contributed by atoms with Gasteiger partial charge >= 0.3 is 0 Å². The summed E-state index contributed by atoms with van der Waals surface area (Å²) in [6.45, 7) is 1.58. The number of amides is 1. The molecule has 1 amide bonds. The van der Waals surface area contributed by atoms with Crippen LogP contribution in [0.5, 0.6) is 0 Å². The summed E-state index contributed by atoms with van der Waals surface area (Å²) in [5.41, 5.74) is 1.03. The molecule has 9 heteroatoms. The number of aromatic amines is 1. The van der Waals surface area contributed by atoms with Crippen LogP contribution >= 0.6 is 0 Å². The lowest BCUT2D eigenvalue weighted by Crippen LogP contribution is -2.43. The Bertz CT molecular complexity index is 796. The van der Waals surface area contributed by atoms with Crippen molar-refractivity contribution >= 4 is 26.8 Å². The van der Waals surface area contributed by atoms with Gasteiger partial charge in [0.05, 0.1) is 24.5 Å². The van der Waals surface area contributed by atoms with Crippen molar-refractivity contribution in [2.75, 3.05) is 38.6 Å². The number of para-hydroxylation sites is 1. The number of ether oxygens (including phenoxy) is 1. The van der Waals surface area contributed by atoms with Crippen molar-refractivity contribution in [2.45, 2.75) is 0 Å². The largest absolute Gasteiger partial charge is 0.379 e. The number of hydrogen-bond acceptors (Lipinski definition) is 5.